The van der Waals surface area contributed by atoms with Crippen molar-refractivity contribution in [2.45, 2.75) is 33.0 Å². The lowest BCUT2D eigenvalue weighted by molar-refractivity contribution is 0.416. The average molecular weight is 255 g/mol. The molecule has 0 spiro atoms. The lowest BCUT2D eigenvalue weighted by atomic mass is 10.2. The molecule has 0 heterocycles. The van der Waals surface area contributed by atoms with Crippen molar-refractivity contribution in [2.24, 2.45) is 5.92 Å². The molecule has 2 N–H and O–H groups in total. The Bertz CT molecular complexity index is 378. The van der Waals surface area contributed by atoms with Crippen molar-refractivity contribution >= 4 is 12.7 Å². The van der Waals surface area contributed by atoms with Crippen molar-refractivity contribution in [1.29, 1.82) is 0 Å². The topological polar surface area (TPSA) is 49.3 Å². The van der Waals surface area contributed by atoms with Gasteiger partial charge in [-0.15, -0.1) is 0 Å². The van der Waals surface area contributed by atoms with E-state index in [2.05, 4.69) is 12.2 Å². The van der Waals surface area contributed by atoms with Gasteiger partial charge in [0.25, 0.3) is 0 Å². The highest BCUT2D eigenvalue weighted by atomic mass is 31.2. The Kier molecular flexibility index (Phi) is 5.38. The van der Waals surface area contributed by atoms with Crippen LogP contribution in [0.1, 0.15) is 27.2 Å². The Hall–Kier alpha value is -0.630. The number of hydrogen-bond acceptors (Lipinski definition) is 2. The molecule has 96 valence electrons. The van der Waals surface area contributed by atoms with Gasteiger partial charge in [-0.2, -0.15) is 0 Å². The maximum Gasteiger partial charge on any atom is 0.246 e. The molecule has 0 aliphatic heterocycles. The molecule has 0 fully saturated rings. The molecule has 1 aromatic carbocycles. The molecule has 0 aliphatic carbocycles. The molecule has 3 nitrogen and oxygen atoms in total. The van der Waals surface area contributed by atoms with Crippen molar-refractivity contribution in [2.75, 3.05) is 6.54 Å². The second-order valence-corrected chi connectivity index (χ2v) is 6.92. The Morgan fingerprint density at radius 1 is 1.29 bits per heavy atom. The first-order valence-corrected chi connectivity index (χ1v) is 7.84. The number of rotatable bonds is 6. The van der Waals surface area contributed by atoms with Crippen LogP contribution in [0.4, 0.5) is 0 Å². The quantitative estimate of drug-likeness (QED) is 0.768. The predicted octanol–water partition coefficient (Wildman–Crippen LogP) is 2.56. The van der Waals surface area contributed by atoms with E-state index in [0.29, 0.717) is 5.30 Å². The van der Waals surface area contributed by atoms with E-state index in [1.807, 2.05) is 19.9 Å². The van der Waals surface area contributed by atoms with Crippen molar-refractivity contribution in [3.63, 3.8) is 0 Å². The zero-order chi connectivity index (χ0) is 12.9. The highest BCUT2D eigenvalue weighted by molar-refractivity contribution is 7.66. The number of nitrogens with one attached hydrogen (secondary N) is 1. The van der Waals surface area contributed by atoms with Crippen LogP contribution < -0.4 is 10.6 Å². The van der Waals surface area contributed by atoms with E-state index in [0.717, 1.165) is 13.0 Å². The van der Waals surface area contributed by atoms with Crippen LogP contribution >= 0.6 is 7.37 Å². The highest BCUT2D eigenvalue weighted by Crippen LogP contribution is 2.46. The fraction of sp³-hybridized carbons (Fsp3) is 0.538. The van der Waals surface area contributed by atoms with Crippen LogP contribution in [-0.2, 0) is 4.57 Å². The highest BCUT2D eigenvalue weighted by Gasteiger charge is 2.34. The van der Waals surface area contributed by atoms with Gasteiger partial charge in [-0.1, -0.05) is 39.0 Å². The summed E-state index contributed by atoms with van der Waals surface area (Å²) in [4.78, 5) is 10.3. The summed E-state index contributed by atoms with van der Waals surface area (Å²) in [6.45, 7) is 6.76. The van der Waals surface area contributed by atoms with Gasteiger partial charge in [0.05, 0.1) is 5.78 Å². The van der Waals surface area contributed by atoms with E-state index in [1.54, 1.807) is 24.3 Å². The fourth-order valence-corrected chi connectivity index (χ4v) is 3.96. The molecule has 0 aromatic heterocycles. The number of benzene rings is 1. The molecule has 0 aliphatic rings. The van der Waals surface area contributed by atoms with E-state index >= 15 is 0 Å². The normalized spacial score (nSPS) is 16.8. The zero-order valence-electron chi connectivity index (χ0n) is 10.8. The van der Waals surface area contributed by atoms with Crippen LogP contribution in [0.25, 0.3) is 0 Å². The smallest absolute Gasteiger partial charge is 0.246 e. The molecule has 1 rings (SSSR count). The Balaban J connectivity index is 2.96. The van der Waals surface area contributed by atoms with Crippen molar-refractivity contribution in [1.82, 2.24) is 5.32 Å². The molecule has 0 saturated heterocycles. The minimum atomic E-state index is -3.35. The van der Waals surface area contributed by atoms with Gasteiger partial charge >= 0.3 is 0 Å². The lowest BCUT2D eigenvalue weighted by Crippen LogP contribution is -2.37. The first kappa shape index (κ1) is 14.4. The minimum Gasteiger partial charge on any atom is -0.340 e. The first-order chi connectivity index (χ1) is 8.00. The average Bonchev–Trinajstić information content (AvgIpc) is 2.30. The van der Waals surface area contributed by atoms with E-state index in [9.17, 15) is 9.46 Å². The van der Waals surface area contributed by atoms with Gasteiger partial charge in [0, 0.05) is 5.30 Å². The maximum atomic E-state index is 12.6. The molecule has 0 saturated carbocycles. The Morgan fingerprint density at radius 3 is 2.35 bits per heavy atom. The zero-order valence-corrected chi connectivity index (χ0v) is 11.7. The van der Waals surface area contributed by atoms with Crippen LogP contribution in [0, 0.1) is 5.92 Å². The van der Waals surface area contributed by atoms with E-state index in [-0.39, 0.29) is 11.7 Å². The minimum absolute atomic E-state index is 0.123. The summed E-state index contributed by atoms with van der Waals surface area (Å²) in [5.74, 6) is -0.248. The molecule has 4 heteroatoms. The second-order valence-electron chi connectivity index (χ2n) is 4.60. The fourth-order valence-electron chi connectivity index (χ4n) is 1.86. The summed E-state index contributed by atoms with van der Waals surface area (Å²) in [5.41, 5.74) is 0. The molecule has 1 aromatic rings. The summed E-state index contributed by atoms with van der Waals surface area (Å²) < 4.78 is 12.6. The van der Waals surface area contributed by atoms with E-state index < -0.39 is 7.37 Å². The monoisotopic (exact) mass is 255 g/mol. The summed E-state index contributed by atoms with van der Waals surface area (Å²) in [5, 5.41) is 3.72. The maximum absolute atomic E-state index is 12.6. The van der Waals surface area contributed by atoms with E-state index in [4.69, 9.17) is 0 Å². The largest absolute Gasteiger partial charge is 0.340 e. The molecule has 2 atom stereocenters. The van der Waals surface area contributed by atoms with Gasteiger partial charge in [-0.05, 0) is 31.0 Å². The summed E-state index contributed by atoms with van der Waals surface area (Å²) in [7, 11) is -3.35. The van der Waals surface area contributed by atoms with Crippen molar-refractivity contribution in [3.05, 3.63) is 30.3 Å². The van der Waals surface area contributed by atoms with Crippen molar-refractivity contribution in [3.8, 4) is 0 Å². The van der Waals surface area contributed by atoms with Crippen LogP contribution in [0.3, 0.4) is 0 Å². The van der Waals surface area contributed by atoms with Crippen molar-refractivity contribution < 1.29 is 9.46 Å². The van der Waals surface area contributed by atoms with Gasteiger partial charge in [-0.3, -0.25) is 4.57 Å². The van der Waals surface area contributed by atoms with Gasteiger partial charge in [0.2, 0.25) is 7.37 Å². The van der Waals surface area contributed by atoms with Crippen LogP contribution in [0.2, 0.25) is 0 Å². The third kappa shape index (κ3) is 3.67. The predicted molar refractivity (Wildman–Crippen MR) is 72.8 cm³/mol. The molecular formula is C13H22NO2P. The van der Waals surface area contributed by atoms with Gasteiger partial charge in [0.1, 0.15) is 0 Å². The molecule has 0 bridgehead atoms. The van der Waals surface area contributed by atoms with E-state index in [1.165, 1.54) is 0 Å². The molecule has 0 amide bonds. The van der Waals surface area contributed by atoms with Crippen LogP contribution in [-0.4, -0.2) is 17.2 Å². The lowest BCUT2D eigenvalue weighted by Gasteiger charge is -2.27. The second kappa shape index (κ2) is 6.34. The third-order valence-corrected chi connectivity index (χ3v) is 5.31. The molecular weight excluding hydrogens is 233 g/mol. The summed E-state index contributed by atoms with van der Waals surface area (Å²) in [6.07, 6.45) is 0.956. The molecule has 2 unspecified atom stereocenters. The number of hydrogen-bond donors (Lipinski definition) is 2. The summed E-state index contributed by atoms with van der Waals surface area (Å²) >= 11 is 0. The van der Waals surface area contributed by atoms with Gasteiger partial charge < -0.3 is 10.2 Å². The summed E-state index contributed by atoms with van der Waals surface area (Å²) in [6, 6.07) is 8.91. The standard InChI is InChI=1S/C13H22NO2P/c1-4-10-14-13(11(2)3)17(15,16)12-8-6-5-7-9-12/h5-9,11,13-14H,4,10H2,1-3H3,(H,15,16). The Morgan fingerprint density at radius 2 is 1.88 bits per heavy atom. The first-order valence-electron chi connectivity index (χ1n) is 6.11. The third-order valence-electron chi connectivity index (χ3n) is 2.74. The molecule has 0 radical (unpaired) electrons. The molecule has 17 heavy (non-hydrogen) atoms. The van der Waals surface area contributed by atoms with Crippen LogP contribution in [0.15, 0.2) is 30.3 Å². The van der Waals surface area contributed by atoms with Crippen LogP contribution in [0.5, 0.6) is 0 Å². The van der Waals surface area contributed by atoms with Gasteiger partial charge in [-0.25, -0.2) is 0 Å². The SMILES string of the molecule is CCCNC(C(C)C)P(=O)(O)c1ccccc1. The Labute approximate surface area is 104 Å². The van der Waals surface area contributed by atoms with Gasteiger partial charge in [0.15, 0.2) is 0 Å².